The quantitative estimate of drug-likeness (QED) is 0.345. The average Bonchev–Trinajstić information content (AvgIpc) is 3.65. The lowest BCUT2D eigenvalue weighted by atomic mass is 9.91. The molecule has 9 heteroatoms. The number of esters is 1. The largest absolute Gasteiger partial charge is 0.465 e. The number of imidazole rings is 1. The highest BCUT2D eigenvalue weighted by Gasteiger charge is 2.45. The Balaban J connectivity index is 1.28. The van der Waals surface area contributed by atoms with Gasteiger partial charge in [-0.25, -0.2) is 15.0 Å². The molecule has 0 spiro atoms. The fraction of sp³-hybridized carbons (Fsp3) is 0.367. The molecule has 7 rings (SSSR count). The van der Waals surface area contributed by atoms with Gasteiger partial charge in [0.1, 0.15) is 12.4 Å². The van der Waals surface area contributed by atoms with E-state index in [1.165, 1.54) is 24.0 Å². The summed E-state index contributed by atoms with van der Waals surface area (Å²) in [6.07, 6.45) is 6.77. The molecule has 0 saturated heterocycles. The fourth-order valence-electron chi connectivity index (χ4n) is 6.22. The lowest BCUT2D eigenvalue weighted by Crippen LogP contribution is -2.30. The number of fused-ring (bicyclic) bond motifs is 9. The smallest absolute Gasteiger partial charge is 0.325 e. The van der Waals surface area contributed by atoms with Crippen LogP contribution in [-0.2, 0) is 9.53 Å². The number of likely N-dealkylation sites (N-methyl/N-ethyl adjacent to an activating group) is 1. The molecule has 1 amide bonds. The molecule has 0 radical (unpaired) electrons. The van der Waals surface area contributed by atoms with E-state index >= 15 is 0 Å². The van der Waals surface area contributed by atoms with E-state index in [0.29, 0.717) is 18.5 Å². The Labute approximate surface area is 226 Å². The molecule has 39 heavy (non-hydrogen) atoms. The van der Waals surface area contributed by atoms with Gasteiger partial charge < -0.3 is 19.1 Å². The molecule has 198 valence electrons. The van der Waals surface area contributed by atoms with Crippen LogP contribution in [0.4, 0.5) is 5.95 Å². The molecule has 2 aliphatic heterocycles. The van der Waals surface area contributed by atoms with Gasteiger partial charge in [-0.1, -0.05) is 18.2 Å². The second-order valence-corrected chi connectivity index (χ2v) is 10.7. The number of anilines is 1. The number of rotatable bonds is 6. The van der Waals surface area contributed by atoms with Gasteiger partial charge in [-0.15, -0.1) is 0 Å². The first kappa shape index (κ1) is 23.8. The van der Waals surface area contributed by atoms with Crippen molar-refractivity contribution < 1.29 is 14.3 Å². The summed E-state index contributed by atoms with van der Waals surface area (Å²) >= 11 is 0. The predicted octanol–water partition coefficient (Wildman–Crippen LogP) is 4.49. The Morgan fingerprint density at radius 2 is 1.90 bits per heavy atom. The fourth-order valence-corrected chi connectivity index (χ4v) is 6.22. The van der Waals surface area contributed by atoms with Gasteiger partial charge >= 0.3 is 5.97 Å². The summed E-state index contributed by atoms with van der Waals surface area (Å²) in [6, 6.07) is 12.5. The van der Waals surface area contributed by atoms with Crippen molar-refractivity contribution in [2.45, 2.75) is 44.2 Å². The molecule has 9 nitrogen and oxygen atoms in total. The van der Waals surface area contributed by atoms with Crippen LogP contribution in [0.2, 0.25) is 0 Å². The van der Waals surface area contributed by atoms with Gasteiger partial charge in [0, 0.05) is 44.0 Å². The van der Waals surface area contributed by atoms with Crippen molar-refractivity contribution in [1.29, 1.82) is 0 Å². The summed E-state index contributed by atoms with van der Waals surface area (Å²) in [5.74, 6) is 1.73. The first-order valence-electron chi connectivity index (χ1n) is 13.6. The summed E-state index contributed by atoms with van der Waals surface area (Å²) in [5, 5.41) is 0. The molecule has 1 saturated carbocycles. The van der Waals surface area contributed by atoms with Crippen LogP contribution in [0, 0.1) is 0 Å². The Kier molecular flexibility index (Phi) is 5.43. The minimum absolute atomic E-state index is 0.0599. The normalized spacial score (nSPS) is 19.6. The van der Waals surface area contributed by atoms with Crippen molar-refractivity contribution in [1.82, 2.24) is 24.4 Å². The second kappa shape index (κ2) is 8.90. The van der Waals surface area contributed by atoms with Crippen LogP contribution < -0.4 is 4.90 Å². The zero-order chi connectivity index (χ0) is 26.8. The van der Waals surface area contributed by atoms with Crippen LogP contribution in [0.25, 0.3) is 22.2 Å². The number of aromatic nitrogens is 4. The minimum atomic E-state index is -0.313. The van der Waals surface area contributed by atoms with E-state index in [0.717, 1.165) is 40.0 Å². The maximum absolute atomic E-state index is 13.5. The summed E-state index contributed by atoms with van der Waals surface area (Å²) in [6.45, 7) is 2.22. The predicted molar refractivity (Wildman–Crippen MR) is 147 cm³/mol. The summed E-state index contributed by atoms with van der Waals surface area (Å²) in [7, 11) is 3.67. The van der Waals surface area contributed by atoms with Crippen LogP contribution >= 0.6 is 0 Å². The molecule has 0 N–H and O–H groups in total. The second-order valence-electron chi connectivity index (χ2n) is 10.7. The van der Waals surface area contributed by atoms with Crippen LogP contribution in [0.15, 0.2) is 48.8 Å². The Hall–Kier alpha value is -4.27. The first-order chi connectivity index (χ1) is 18.9. The first-order valence-corrected chi connectivity index (χ1v) is 13.6. The van der Waals surface area contributed by atoms with Crippen molar-refractivity contribution >= 4 is 28.9 Å². The highest BCUT2D eigenvalue weighted by atomic mass is 16.5. The van der Waals surface area contributed by atoms with E-state index in [9.17, 15) is 9.59 Å². The highest BCUT2D eigenvalue weighted by molar-refractivity contribution is 5.97. The van der Waals surface area contributed by atoms with E-state index in [4.69, 9.17) is 9.72 Å². The molecule has 2 bridgehead atoms. The molecule has 1 aliphatic carbocycles. The molecule has 2 aromatic heterocycles. The van der Waals surface area contributed by atoms with Crippen LogP contribution in [-0.4, -0.2) is 63.5 Å². The van der Waals surface area contributed by atoms with Crippen molar-refractivity contribution in [3.05, 3.63) is 71.3 Å². The molecule has 2 aromatic carbocycles. The van der Waals surface area contributed by atoms with E-state index < -0.39 is 0 Å². The van der Waals surface area contributed by atoms with Gasteiger partial charge in [-0.05, 0) is 60.6 Å². The number of nitrogens with zero attached hydrogens (tertiary/aromatic N) is 6. The third-order valence-electron chi connectivity index (χ3n) is 8.27. The Morgan fingerprint density at radius 1 is 1.10 bits per heavy atom. The topological polar surface area (TPSA) is 93.5 Å². The monoisotopic (exact) mass is 522 g/mol. The minimum Gasteiger partial charge on any atom is -0.465 e. The lowest BCUT2D eigenvalue weighted by Gasteiger charge is -2.25. The van der Waals surface area contributed by atoms with Crippen LogP contribution in [0.1, 0.15) is 71.5 Å². The number of carbonyl (C=O) groups is 2. The molecule has 3 aliphatic rings. The number of amides is 1. The van der Waals surface area contributed by atoms with E-state index in [1.54, 1.807) is 31.3 Å². The maximum Gasteiger partial charge on any atom is 0.325 e. The summed E-state index contributed by atoms with van der Waals surface area (Å²) < 4.78 is 7.39. The average molecular weight is 523 g/mol. The Bertz CT molecular complexity index is 1620. The number of carbonyl (C=O) groups excluding carboxylic acids is 2. The standard InChI is InChI=1S/C30H30N6O3/c1-4-39-26(37)16-34(2)30-31-14-19(15-32-30)18-10-11-22-23(12-18)36-24-13-25(28(36)33-22)35(3)29(38)21-7-5-6-20(27(21)24)17-8-9-17/h5-7,10-12,14-15,17,24-25H,4,8-9,13,16H2,1-3H3/t24-,25-/m1/s1. The van der Waals surface area contributed by atoms with Crippen LogP contribution in [0.3, 0.4) is 0 Å². The van der Waals surface area contributed by atoms with Crippen molar-refractivity contribution in [3.8, 4) is 11.1 Å². The molecule has 1 fully saturated rings. The summed E-state index contributed by atoms with van der Waals surface area (Å²) in [5.41, 5.74) is 7.17. The maximum atomic E-state index is 13.5. The number of ether oxygens (including phenoxy) is 1. The molecule has 4 aromatic rings. The van der Waals surface area contributed by atoms with Gasteiger partial charge in [0.05, 0.1) is 29.7 Å². The number of hydrogen-bond acceptors (Lipinski definition) is 7. The van der Waals surface area contributed by atoms with Gasteiger partial charge in [-0.2, -0.15) is 0 Å². The third kappa shape index (κ3) is 3.78. The highest BCUT2D eigenvalue weighted by Crippen LogP contribution is 2.52. The number of benzene rings is 2. The molecular weight excluding hydrogens is 492 g/mol. The van der Waals surface area contributed by atoms with Crippen molar-refractivity contribution in [2.75, 3.05) is 32.1 Å². The van der Waals surface area contributed by atoms with E-state index in [2.05, 4.69) is 26.7 Å². The number of hydrogen-bond donors (Lipinski definition) is 0. The lowest BCUT2D eigenvalue weighted by molar-refractivity contribution is -0.141. The van der Waals surface area contributed by atoms with Gasteiger partial charge in [0.15, 0.2) is 0 Å². The molecule has 4 heterocycles. The zero-order valence-electron chi connectivity index (χ0n) is 22.3. The van der Waals surface area contributed by atoms with Gasteiger partial charge in [0.2, 0.25) is 5.95 Å². The Morgan fingerprint density at radius 3 is 2.64 bits per heavy atom. The van der Waals surface area contributed by atoms with Gasteiger partial charge in [0.25, 0.3) is 5.91 Å². The van der Waals surface area contributed by atoms with Crippen molar-refractivity contribution in [3.63, 3.8) is 0 Å². The third-order valence-corrected chi connectivity index (χ3v) is 8.27. The molecule has 2 atom stereocenters. The van der Waals surface area contributed by atoms with Gasteiger partial charge in [-0.3, -0.25) is 9.59 Å². The van der Waals surface area contributed by atoms with E-state index in [1.807, 2.05) is 36.2 Å². The molecule has 0 unspecified atom stereocenters. The summed E-state index contributed by atoms with van der Waals surface area (Å²) in [4.78, 5) is 42.9. The van der Waals surface area contributed by atoms with Crippen molar-refractivity contribution in [2.24, 2.45) is 0 Å². The van der Waals surface area contributed by atoms with E-state index in [-0.39, 0.29) is 30.5 Å². The molecular formula is C30H30N6O3. The van der Waals surface area contributed by atoms with Crippen LogP contribution in [0.5, 0.6) is 0 Å². The zero-order valence-corrected chi connectivity index (χ0v) is 22.3. The SMILES string of the molecule is CCOC(=O)CN(C)c1ncc(-c2ccc3nc4n(c3c2)[C@@H]2C[C@H]4N(C)C(=O)c3cccc(C4CC4)c32)cn1.